The number of nitrogens with zero attached hydrogens (tertiary/aromatic N) is 2. The molecule has 5 nitrogen and oxygen atoms in total. The summed E-state index contributed by atoms with van der Waals surface area (Å²) < 4.78 is 18.8. The van der Waals surface area contributed by atoms with E-state index in [-0.39, 0.29) is 35.8 Å². The third-order valence-electron chi connectivity index (χ3n) is 3.64. The zero-order valence-electron chi connectivity index (χ0n) is 14.8. The van der Waals surface area contributed by atoms with Gasteiger partial charge >= 0.3 is 0 Å². The van der Waals surface area contributed by atoms with Crippen molar-refractivity contribution < 1.29 is 8.81 Å². The van der Waals surface area contributed by atoms with Gasteiger partial charge in [-0.25, -0.2) is 9.38 Å². The Hall–Kier alpha value is -1.61. The molecule has 1 heterocycles. The molecule has 0 aliphatic carbocycles. The van der Waals surface area contributed by atoms with Gasteiger partial charge in [0, 0.05) is 13.1 Å². The van der Waals surface area contributed by atoms with E-state index in [1.54, 1.807) is 18.4 Å². The Morgan fingerprint density at radius 3 is 2.64 bits per heavy atom. The molecule has 1 unspecified atom stereocenters. The van der Waals surface area contributed by atoms with Gasteiger partial charge in [0.1, 0.15) is 18.1 Å². The molecule has 0 radical (unpaired) electrons. The molecular weight excluding hydrogens is 434 g/mol. The SMILES string of the molecule is CCNC(=NCc1ccco1)NCC(c1cccc(F)c1)N(C)C.I. The molecule has 0 spiro atoms. The maximum atomic E-state index is 13.5. The smallest absolute Gasteiger partial charge is 0.191 e. The van der Waals surface area contributed by atoms with E-state index in [1.165, 1.54) is 6.07 Å². The lowest BCUT2D eigenvalue weighted by atomic mass is 10.1. The van der Waals surface area contributed by atoms with Crippen molar-refractivity contribution in [3.63, 3.8) is 0 Å². The van der Waals surface area contributed by atoms with E-state index in [0.29, 0.717) is 19.0 Å². The predicted octanol–water partition coefficient (Wildman–Crippen LogP) is 3.39. The van der Waals surface area contributed by atoms with Crippen LogP contribution in [-0.2, 0) is 6.54 Å². The van der Waals surface area contributed by atoms with Crippen molar-refractivity contribution in [2.45, 2.75) is 19.5 Å². The molecule has 0 amide bonds. The number of rotatable bonds is 7. The first-order chi connectivity index (χ1) is 11.6. The van der Waals surface area contributed by atoms with Gasteiger partial charge in [-0.15, -0.1) is 24.0 Å². The molecule has 138 valence electrons. The lowest BCUT2D eigenvalue weighted by molar-refractivity contribution is 0.297. The number of aliphatic imine (C=N–C) groups is 1. The summed E-state index contributed by atoms with van der Waals surface area (Å²) in [7, 11) is 3.95. The highest BCUT2D eigenvalue weighted by Crippen LogP contribution is 2.18. The Balaban J connectivity index is 0.00000312. The monoisotopic (exact) mass is 460 g/mol. The molecule has 1 aromatic carbocycles. The van der Waals surface area contributed by atoms with Gasteiger partial charge in [0.15, 0.2) is 5.96 Å². The van der Waals surface area contributed by atoms with Crippen LogP contribution in [0.5, 0.6) is 0 Å². The quantitative estimate of drug-likeness (QED) is 0.378. The first-order valence-corrected chi connectivity index (χ1v) is 8.06. The Morgan fingerprint density at radius 1 is 1.24 bits per heavy atom. The van der Waals surface area contributed by atoms with Crippen LogP contribution in [0.25, 0.3) is 0 Å². The summed E-state index contributed by atoms with van der Waals surface area (Å²) in [6.07, 6.45) is 1.64. The van der Waals surface area contributed by atoms with Gasteiger partial charge in [-0.1, -0.05) is 12.1 Å². The molecule has 0 fully saturated rings. The van der Waals surface area contributed by atoms with Crippen LogP contribution in [0.3, 0.4) is 0 Å². The third-order valence-corrected chi connectivity index (χ3v) is 3.64. The predicted molar refractivity (Wildman–Crippen MR) is 110 cm³/mol. The van der Waals surface area contributed by atoms with Crippen LogP contribution in [0.1, 0.15) is 24.3 Å². The lowest BCUT2D eigenvalue weighted by Gasteiger charge is -2.26. The highest BCUT2D eigenvalue weighted by atomic mass is 127. The van der Waals surface area contributed by atoms with E-state index in [0.717, 1.165) is 17.9 Å². The van der Waals surface area contributed by atoms with Crippen molar-refractivity contribution in [1.82, 2.24) is 15.5 Å². The number of furan rings is 1. The summed E-state index contributed by atoms with van der Waals surface area (Å²) in [5.74, 6) is 1.29. The number of guanidine groups is 1. The number of hydrogen-bond acceptors (Lipinski definition) is 3. The summed E-state index contributed by atoms with van der Waals surface area (Å²) in [5.41, 5.74) is 0.925. The second-order valence-corrected chi connectivity index (χ2v) is 5.69. The molecule has 25 heavy (non-hydrogen) atoms. The summed E-state index contributed by atoms with van der Waals surface area (Å²) in [5, 5.41) is 6.52. The topological polar surface area (TPSA) is 52.8 Å². The first-order valence-electron chi connectivity index (χ1n) is 8.06. The number of benzene rings is 1. The fraction of sp³-hybridized carbons (Fsp3) is 0.389. The first kappa shape index (κ1) is 21.4. The van der Waals surface area contributed by atoms with Gasteiger partial charge in [0.05, 0.1) is 12.3 Å². The van der Waals surface area contributed by atoms with E-state index in [2.05, 4.69) is 20.5 Å². The molecule has 1 atom stereocenters. The Bertz CT molecular complexity index is 646. The summed E-state index contributed by atoms with van der Waals surface area (Å²) in [6.45, 7) is 3.85. The lowest BCUT2D eigenvalue weighted by Crippen LogP contribution is -2.41. The zero-order chi connectivity index (χ0) is 17.4. The number of nitrogens with one attached hydrogen (secondary N) is 2. The van der Waals surface area contributed by atoms with Gasteiger partial charge in [-0.05, 0) is 50.8 Å². The van der Waals surface area contributed by atoms with Crippen LogP contribution in [0.2, 0.25) is 0 Å². The van der Waals surface area contributed by atoms with E-state index >= 15 is 0 Å². The minimum absolute atomic E-state index is 0. The van der Waals surface area contributed by atoms with Crippen molar-refractivity contribution in [1.29, 1.82) is 0 Å². The summed E-state index contributed by atoms with van der Waals surface area (Å²) >= 11 is 0. The molecule has 0 bridgehead atoms. The summed E-state index contributed by atoms with van der Waals surface area (Å²) in [4.78, 5) is 6.56. The fourth-order valence-corrected chi connectivity index (χ4v) is 2.41. The highest BCUT2D eigenvalue weighted by molar-refractivity contribution is 14.0. The minimum Gasteiger partial charge on any atom is -0.467 e. The van der Waals surface area contributed by atoms with Gasteiger partial charge in [-0.2, -0.15) is 0 Å². The fourth-order valence-electron chi connectivity index (χ4n) is 2.41. The molecular formula is C18H26FIN4O. The molecule has 0 aliphatic rings. The highest BCUT2D eigenvalue weighted by Gasteiger charge is 2.15. The summed E-state index contributed by atoms with van der Waals surface area (Å²) in [6, 6.07) is 10.5. The maximum Gasteiger partial charge on any atom is 0.191 e. The Labute approximate surface area is 165 Å². The van der Waals surface area contributed by atoms with E-state index in [9.17, 15) is 4.39 Å². The molecule has 2 rings (SSSR count). The van der Waals surface area contributed by atoms with Gasteiger partial charge in [-0.3, -0.25) is 0 Å². The average molecular weight is 460 g/mol. The van der Waals surface area contributed by atoms with Gasteiger partial charge < -0.3 is 20.0 Å². The Morgan fingerprint density at radius 2 is 2.04 bits per heavy atom. The number of hydrogen-bond donors (Lipinski definition) is 2. The molecule has 1 aromatic heterocycles. The van der Waals surface area contributed by atoms with Crippen molar-refractivity contribution in [3.8, 4) is 0 Å². The molecule has 0 saturated carbocycles. The van der Waals surface area contributed by atoms with Crippen LogP contribution < -0.4 is 10.6 Å². The number of likely N-dealkylation sites (N-methyl/N-ethyl adjacent to an activating group) is 1. The van der Waals surface area contributed by atoms with Crippen LogP contribution in [-0.4, -0.2) is 38.0 Å². The standard InChI is InChI=1S/C18H25FN4O.HI/c1-4-20-18(21-12-16-9-6-10-24-16)22-13-17(23(2)3)14-7-5-8-15(19)11-14;/h5-11,17H,4,12-13H2,1-3H3,(H2,20,21,22);1H. The minimum atomic E-state index is -0.224. The van der Waals surface area contributed by atoms with E-state index < -0.39 is 0 Å². The van der Waals surface area contributed by atoms with Crippen molar-refractivity contribution in [2.24, 2.45) is 4.99 Å². The Kier molecular flexibility index (Phi) is 9.51. The second-order valence-electron chi connectivity index (χ2n) is 5.69. The average Bonchev–Trinajstić information content (AvgIpc) is 3.06. The molecule has 2 aromatic rings. The van der Waals surface area contributed by atoms with Crippen molar-refractivity contribution >= 4 is 29.9 Å². The number of halogens is 2. The normalized spacial score (nSPS) is 12.6. The van der Waals surface area contributed by atoms with Crippen molar-refractivity contribution in [2.75, 3.05) is 27.2 Å². The molecule has 0 aliphatic heterocycles. The second kappa shape index (κ2) is 11.1. The third kappa shape index (κ3) is 7.03. The largest absolute Gasteiger partial charge is 0.467 e. The maximum absolute atomic E-state index is 13.5. The van der Waals surface area contributed by atoms with Gasteiger partial charge in [0.2, 0.25) is 0 Å². The van der Waals surface area contributed by atoms with E-state index in [4.69, 9.17) is 4.42 Å². The van der Waals surface area contributed by atoms with Crippen LogP contribution in [0.4, 0.5) is 4.39 Å². The van der Waals surface area contributed by atoms with Crippen molar-refractivity contribution in [3.05, 3.63) is 59.8 Å². The van der Waals surface area contributed by atoms with Crippen LogP contribution >= 0.6 is 24.0 Å². The molecule has 2 N–H and O–H groups in total. The van der Waals surface area contributed by atoms with Crippen LogP contribution in [0.15, 0.2) is 52.1 Å². The van der Waals surface area contributed by atoms with Crippen LogP contribution in [0, 0.1) is 5.82 Å². The molecule has 0 saturated heterocycles. The molecule has 7 heteroatoms. The van der Waals surface area contributed by atoms with E-state index in [1.807, 2.05) is 39.2 Å². The zero-order valence-corrected chi connectivity index (χ0v) is 17.2. The van der Waals surface area contributed by atoms with Gasteiger partial charge in [0.25, 0.3) is 0 Å².